The summed E-state index contributed by atoms with van der Waals surface area (Å²) in [7, 11) is 1.32. The molecule has 14 heavy (non-hydrogen) atoms. The second-order valence-electron chi connectivity index (χ2n) is 2.93. The fourth-order valence-corrected chi connectivity index (χ4v) is 0.992. The number of hydrogen-bond acceptors (Lipinski definition) is 2. The molecule has 1 rings (SSSR count). The Bertz CT molecular complexity index is 317. The van der Waals surface area contributed by atoms with Crippen LogP contribution in [-0.4, -0.2) is 23.2 Å². The monoisotopic (exact) mass is 191 g/mol. The zero-order valence-corrected chi connectivity index (χ0v) is 8.05. The summed E-state index contributed by atoms with van der Waals surface area (Å²) in [6.07, 6.45) is 3.79. The van der Waals surface area contributed by atoms with Crippen LogP contribution in [0.2, 0.25) is 0 Å². The molecule has 1 amide bonds. The zero-order chi connectivity index (χ0) is 10.4. The average molecular weight is 191 g/mol. The molecule has 0 unspecified atom stereocenters. The molecule has 0 fully saturated rings. The van der Waals surface area contributed by atoms with Gasteiger partial charge in [0.2, 0.25) is 5.91 Å². The molecular weight excluding hydrogens is 178 g/mol. The third-order valence-electron chi connectivity index (χ3n) is 1.76. The van der Waals surface area contributed by atoms with Crippen molar-refractivity contribution in [1.29, 1.82) is 0 Å². The van der Waals surface area contributed by atoms with Gasteiger partial charge >= 0.3 is 0 Å². The van der Waals surface area contributed by atoms with Gasteiger partial charge in [0.1, 0.15) is 0 Å². The molecule has 0 aliphatic carbocycles. The van der Waals surface area contributed by atoms with Gasteiger partial charge in [-0.25, -0.2) is 5.06 Å². The van der Waals surface area contributed by atoms with Crippen molar-refractivity contribution in [2.24, 2.45) is 0 Å². The minimum atomic E-state index is -0.322. The van der Waals surface area contributed by atoms with Crippen LogP contribution in [-0.2, 0) is 4.79 Å². The standard InChI is InChI=1S/C11H13NO2/c1-12(14)11(13)9-5-8-10-6-3-2-4-7-10/h2-8,14H,9H2,1H3/b8-5+. The van der Waals surface area contributed by atoms with Crippen LogP contribution in [0.5, 0.6) is 0 Å². The van der Waals surface area contributed by atoms with Crippen molar-refractivity contribution in [2.45, 2.75) is 6.42 Å². The summed E-state index contributed by atoms with van der Waals surface area (Å²) in [5.74, 6) is -0.322. The van der Waals surface area contributed by atoms with Crippen molar-refractivity contribution in [2.75, 3.05) is 7.05 Å². The number of hydrogen-bond donors (Lipinski definition) is 1. The van der Waals surface area contributed by atoms with Gasteiger partial charge in [-0.1, -0.05) is 42.5 Å². The SMILES string of the molecule is CN(O)C(=O)C/C=C/c1ccccc1. The van der Waals surface area contributed by atoms with Gasteiger partial charge in [0.15, 0.2) is 0 Å². The van der Waals surface area contributed by atoms with E-state index in [2.05, 4.69) is 0 Å². The molecule has 1 aromatic carbocycles. The third kappa shape index (κ3) is 3.41. The molecule has 1 N–H and O–H groups in total. The molecule has 0 spiro atoms. The van der Waals surface area contributed by atoms with E-state index < -0.39 is 0 Å². The summed E-state index contributed by atoms with van der Waals surface area (Å²) in [5, 5.41) is 9.36. The highest BCUT2D eigenvalue weighted by atomic mass is 16.5. The molecular formula is C11H13NO2. The van der Waals surface area contributed by atoms with Crippen molar-refractivity contribution in [3.8, 4) is 0 Å². The molecule has 0 aliphatic rings. The first-order valence-corrected chi connectivity index (χ1v) is 4.37. The molecule has 0 atom stereocenters. The van der Waals surface area contributed by atoms with Crippen molar-refractivity contribution < 1.29 is 10.0 Å². The minimum absolute atomic E-state index is 0.210. The highest BCUT2D eigenvalue weighted by molar-refractivity contribution is 5.77. The summed E-state index contributed by atoms with van der Waals surface area (Å²) in [6.45, 7) is 0. The lowest BCUT2D eigenvalue weighted by Gasteiger charge is -2.04. The van der Waals surface area contributed by atoms with Gasteiger partial charge in [0, 0.05) is 13.5 Å². The van der Waals surface area contributed by atoms with Crippen LogP contribution in [0, 0.1) is 0 Å². The molecule has 0 saturated carbocycles. The van der Waals surface area contributed by atoms with E-state index >= 15 is 0 Å². The van der Waals surface area contributed by atoms with Gasteiger partial charge in [-0.3, -0.25) is 10.0 Å². The van der Waals surface area contributed by atoms with Crippen LogP contribution in [0.3, 0.4) is 0 Å². The average Bonchev–Trinajstić information content (AvgIpc) is 2.19. The number of carbonyl (C=O) groups is 1. The molecule has 1 aromatic rings. The summed E-state index contributed by atoms with van der Waals surface area (Å²) >= 11 is 0. The summed E-state index contributed by atoms with van der Waals surface area (Å²) in [4.78, 5) is 11.0. The fraction of sp³-hybridized carbons (Fsp3) is 0.182. The Balaban J connectivity index is 2.46. The molecule has 0 saturated heterocycles. The van der Waals surface area contributed by atoms with Crippen LogP contribution in [0.4, 0.5) is 0 Å². The third-order valence-corrected chi connectivity index (χ3v) is 1.76. The largest absolute Gasteiger partial charge is 0.286 e. The smallest absolute Gasteiger partial charge is 0.249 e. The Hall–Kier alpha value is -1.61. The Morgan fingerprint density at radius 2 is 2.07 bits per heavy atom. The summed E-state index contributed by atoms with van der Waals surface area (Å²) < 4.78 is 0. The van der Waals surface area contributed by atoms with Crippen LogP contribution in [0.15, 0.2) is 36.4 Å². The Kier molecular flexibility index (Phi) is 3.88. The van der Waals surface area contributed by atoms with Crippen molar-refractivity contribution in [1.82, 2.24) is 5.06 Å². The molecule has 0 bridgehead atoms. The van der Waals surface area contributed by atoms with Gasteiger partial charge in [-0.2, -0.15) is 0 Å². The van der Waals surface area contributed by atoms with Crippen molar-refractivity contribution in [3.05, 3.63) is 42.0 Å². The first kappa shape index (κ1) is 10.5. The number of nitrogens with zero attached hydrogens (tertiary/aromatic N) is 1. The molecule has 3 heteroatoms. The van der Waals surface area contributed by atoms with Crippen molar-refractivity contribution >= 4 is 12.0 Å². The van der Waals surface area contributed by atoms with Gasteiger partial charge in [0.25, 0.3) is 0 Å². The lowest BCUT2D eigenvalue weighted by atomic mass is 10.2. The van der Waals surface area contributed by atoms with E-state index in [4.69, 9.17) is 5.21 Å². The highest BCUT2D eigenvalue weighted by Crippen LogP contribution is 2.02. The predicted molar refractivity (Wildman–Crippen MR) is 54.6 cm³/mol. The first-order chi connectivity index (χ1) is 6.70. The normalized spacial score (nSPS) is 10.4. The van der Waals surface area contributed by atoms with Crippen LogP contribution < -0.4 is 0 Å². The van der Waals surface area contributed by atoms with E-state index in [9.17, 15) is 4.79 Å². The Morgan fingerprint density at radius 1 is 1.43 bits per heavy atom. The maximum atomic E-state index is 11.0. The number of amides is 1. The lowest BCUT2D eigenvalue weighted by Crippen LogP contribution is -2.21. The zero-order valence-electron chi connectivity index (χ0n) is 8.05. The highest BCUT2D eigenvalue weighted by Gasteiger charge is 2.00. The summed E-state index contributed by atoms with van der Waals surface area (Å²) in [6, 6.07) is 9.69. The van der Waals surface area contributed by atoms with Crippen LogP contribution in [0.1, 0.15) is 12.0 Å². The predicted octanol–water partition coefficient (Wildman–Crippen LogP) is 1.94. The Morgan fingerprint density at radius 3 is 2.64 bits per heavy atom. The number of benzene rings is 1. The van der Waals surface area contributed by atoms with Gasteiger partial charge < -0.3 is 0 Å². The molecule has 3 nitrogen and oxygen atoms in total. The van der Waals surface area contributed by atoms with E-state index in [1.54, 1.807) is 6.08 Å². The quantitative estimate of drug-likeness (QED) is 0.586. The van der Waals surface area contributed by atoms with E-state index in [-0.39, 0.29) is 12.3 Å². The molecule has 0 aromatic heterocycles. The maximum absolute atomic E-state index is 11.0. The number of hydroxylamine groups is 2. The lowest BCUT2D eigenvalue weighted by molar-refractivity contribution is -0.158. The first-order valence-electron chi connectivity index (χ1n) is 4.37. The minimum Gasteiger partial charge on any atom is -0.286 e. The van der Waals surface area contributed by atoms with Gasteiger partial charge in [-0.15, -0.1) is 0 Å². The second-order valence-corrected chi connectivity index (χ2v) is 2.93. The Labute approximate surface area is 83.2 Å². The number of rotatable bonds is 3. The van der Waals surface area contributed by atoms with Crippen LogP contribution >= 0.6 is 0 Å². The molecule has 0 aliphatic heterocycles. The van der Waals surface area contributed by atoms with E-state index in [1.165, 1.54) is 7.05 Å². The van der Waals surface area contributed by atoms with Gasteiger partial charge in [-0.05, 0) is 5.56 Å². The summed E-state index contributed by atoms with van der Waals surface area (Å²) in [5.41, 5.74) is 1.04. The second kappa shape index (κ2) is 5.19. The van der Waals surface area contributed by atoms with Crippen LogP contribution in [0.25, 0.3) is 6.08 Å². The molecule has 0 heterocycles. The van der Waals surface area contributed by atoms with E-state index in [0.717, 1.165) is 5.56 Å². The molecule has 0 radical (unpaired) electrons. The fourth-order valence-electron chi connectivity index (χ4n) is 0.992. The van der Waals surface area contributed by atoms with E-state index in [0.29, 0.717) is 5.06 Å². The van der Waals surface area contributed by atoms with Gasteiger partial charge in [0.05, 0.1) is 0 Å². The topological polar surface area (TPSA) is 40.5 Å². The molecule has 74 valence electrons. The number of carbonyl (C=O) groups excluding carboxylic acids is 1. The van der Waals surface area contributed by atoms with E-state index in [1.807, 2.05) is 36.4 Å². The maximum Gasteiger partial charge on any atom is 0.249 e. The van der Waals surface area contributed by atoms with Crippen molar-refractivity contribution in [3.63, 3.8) is 0 Å².